The SMILES string of the molecule is CNCc1cc(Br)ccc1N(CCCO)C1CCC1. The van der Waals surface area contributed by atoms with Gasteiger partial charge in [-0.3, -0.25) is 0 Å². The Kier molecular flexibility index (Phi) is 5.67. The zero-order valence-electron chi connectivity index (χ0n) is 11.5. The maximum atomic E-state index is 9.10. The van der Waals surface area contributed by atoms with Gasteiger partial charge in [0.2, 0.25) is 0 Å². The number of hydrogen-bond donors (Lipinski definition) is 2. The standard InChI is InChI=1S/C15H23BrN2O/c1-17-11-12-10-13(16)6-7-15(12)18(8-3-9-19)14-4-2-5-14/h6-7,10,14,17,19H,2-5,8-9,11H2,1H3. The number of nitrogens with one attached hydrogen (secondary N) is 1. The van der Waals surface area contributed by atoms with Gasteiger partial charge in [-0.2, -0.15) is 0 Å². The Morgan fingerprint density at radius 1 is 1.42 bits per heavy atom. The second-order valence-corrected chi connectivity index (χ2v) is 6.07. The van der Waals surface area contributed by atoms with Crippen LogP contribution in [0, 0.1) is 0 Å². The molecule has 0 aliphatic heterocycles. The summed E-state index contributed by atoms with van der Waals surface area (Å²) < 4.78 is 1.12. The van der Waals surface area contributed by atoms with Crippen molar-refractivity contribution in [3.05, 3.63) is 28.2 Å². The molecule has 0 bridgehead atoms. The van der Waals surface area contributed by atoms with E-state index < -0.39 is 0 Å². The highest BCUT2D eigenvalue weighted by Crippen LogP contribution is 2.33. The highest BCUT2D eigenvalue weighted by atomic mass is 79.9. The summed E-state index contributed by atoms with van der Waals surface area (Å²) in [7, 11) is 1.98. The van der Waals surface area contributed by atoms with E-state index in [4.69, 9.17) is 5.11 Å². The van der Waals surface area contributed by atoms with Crippen molar-refractivity contribution in [1.82, 2.24) is 5.32 Å². The van der Waals surface area contributed by atoms with Crippen molar-refractivity contribution in [1.29, 1.82) is 0 Å². The van der Waals surface area contributed by atoms with Gasteiger partial charge >= 0.3 is 0 Å². The maximum absolute atomic E-state index is 9.10. The van der Waals surface area contributed by atoms with Crippen LogP contribution >= 0.6 is 15.9 Å². The van der Waals surface area contributed by atoms with Crippen molar-refractivity contribution in [3.8, 4) is 0 Å². The summed E-state index contributed by atoms with van der Waals surface area (Å²) in [5.41, 5.74) is 2.64. The molecule has 1 aromatic carbocycles. The van der Waals surface area contributed by atoms with Crippen LogP contribution < -0.4 is 10.2 Å². The average molecular weight is 327 g/mol. The molecule has 3 nitrogen and oxygen atoms in total. The number of nitrogens with zero attached hydrogens (tertiary/aromatic N) is 1. The molecule has 0 saturated heterocycles. The van der Waals surface area contributed by atoms with E-state index in [0.29, 0.717) is 6.04 Å². The molecule has 0 amide bonds. The summed E-state index contributed by atoms with van der Waals surface area (Å²) in [5, 5.41) is 12.3. The first-order chi connectivity index (χ1) is 9.26. The average Bonchev–Trinajstić information content (AvgIpc) is 2.33. The molecule has 4 heteroatoms. The lowest BCUT2D eigenvalue weighted by molar-refractivity contribution is 0.283. The van der Waals surface area contributed by atoms with Gasteiger partial charge in [-0.25, -0.2) is 0 Å². The summed E-state index contributed by atoms with van der Waals surface area (Å²) in [4.78, 5) is 2.48. The first-order valence-corrected chi connectivity index (χ1v) is 7.86. The van der Waals surface area contributed by atoms with Crippen molar-refractivity contribution in [2.75, 3.05) is 25.1 Å². The summed E-state index contributed by atoms with van der Waals surface area (Å²) in [6.07, 6.45) is 4.73. The third-order valence-electron chi connectivity index (χ3n) is 3.79. The second kappa shape index (κ2) is 7.27. The summed E-state index contributed by atoms with van der Waals surface area (Å²) in [5.74, 6) is 0. The summed E-state index contributed by atoms with van der Waals surface area (Å²) in [6, 6.07) is 7.16. The quantitative estimate of drug-likeness (QED) is 0.808. The zero-order valence-corrected chi connectivity index (χ0v) is 13.1. The molecule has 0 spiro atoms. The Hall–Kier alpha value is -0.580. The van der Waals surface area contributed by atoms with Crippen LogP contribution in [-0.2, 0) is 6.54 Å². The molecule has 19 heavy (non-hydrogen) atoms. The molecule has 2 rings (SSSR count). The summed E-state index contributed by atoms with van der Waals surface area (Å²) in [6.45, 7) is 2.08. The van der Waals surface area contributed by atoms with Crippen LogP contribution in [0.1, 0.15) is 31.2 Å². The van der Waals surface area contributed by atoms with E-state index >= 15 is 0 Å². The molecule has 0 atom stereocenters. The smallest absolute Gasteiger partial charge is 0.0447 e. The predicted octanol–water partition coefficient (Wildman–Crippen LogP) is 2.91. The van der Waals surface area contributed by atoms with Gasteiger partial charge in [-0.1, -0.05) is 15.9 Å². The zero-order chi connectivity index (χ0) is 13.7. The third kappa shape index (κ3) is 3.71. The van der Waals surface area contributed by atoms with Crippen molar-refractivity contribution in [3.63, 3.8) is 0 Å². The molecule has 1 aromatic rings. The minimum Gasteiger partial charge on any atom is -0.396 e. The van der Waals surface area contributed by atoms with Gasteiger partial charge in [-0.15, -0.1) is 0 Å². The van der Waals surface area contributed by atoms with E-state index in [0.717, 1.165) is 24.0 Å². The van der Waals surface area contributed by atoms with Crippen LogP contribution in [0.4, 0.5) is 5.69 Å². The van der Waals surface area contributed by atoms with Gasteiger partial charge in [-0.05, 0) is 56.5 Å². The van der Waals surface area contributed by atoms with Crippen LogP contribution in [0.3, 0.4) is 0 Å². The van der Waals surface area contributed by atoms with E-state index in [-0.39, 0.29) is 6.61 Å². The van der Waals surface area contributed by atoms with Gasteiger partial charge in [0, 0.05) is 35.9 Å². The minimum atomic E-state index is 0.265. The first-order valence-electron chi connectivity index (χ1n) is 7.06. The fraction of sp³-hybridized carbons (Fsp3) is 0.600. The third-order valence-corrected chi connectivity index (χ3v) is 4.28. The van der Waals surface area contributed by atoms with E-state index in [1.54, 1.807) is 0 Å². The lowest BCUT2D eigenvalue weighted by Gasteiger charge is -2.40. The van der Waals surface area contributed by atoms with Crippen LogP contribution in [0.15, 0.2) is 22.7 Å². The molecular formula is C15H23BrN2O. The van der Waals surface area contributed by atoms with Gasteiger partial charge in [0.1, 0.15) is 0 Å². The monoisotopic (exact) mass is 326 g/mol. The number of aliphatic hydroxyl groups is 1. The molecule has 0 radical (unpaired) electrons. The maximum Gasteiger partial charge on any atom is 0.0447 e. The largest absolute Gasteiger partial charge is 0.396 e. The highest BCUT2D eigenvalue weighted by Gasteiger charge is 2.26. The molecule has 106 valence electrons. The van der Waals surface area contributed by atoms with Crippen LogP contribution in [0.25, 0.3) is 0 Å². The van der Waals surface area contributed by atoms with E-state index in [1.807, 2.05) is 7.05 Å². The fourth-order valence-corrected chi connectivity index (χ4v) is 3.01. The Bertz CT molecular complexity index is 407. The molecule has 0 heterocycles. The van der Waals surface area contributed by atoms with Gasteiger partial charge in [0.25, 0.3) is 0 Å². The van der Waals surface area contributed by atoms with Gasteiger partial charge in [0.05, 0.1) is 0 Å². The number of benzene rings is 1. The molecule has 2 N–H and O–H groups in total. The number of anilines is 1. The molecular weight excluding hydrogens is 304 g/mol. The molecule has 1 saturated carbocycles. The number of aliphatic hydroxyl groups excluding tert-OH is 1. The van der Waals surface area contributed by atoms with Crippen molar-refractivity contribution >= 4 is 21.6 Å². The number of rotatable bonds is 7. The normalized spacial score (nSPS) is 15.3. The van der Waals surface area contributed by atoms with Crippen LogP contribution in [0.2, 0.25) is 0 Å². The lowest BCUT2D eigenvalue weighted by atomic mass is 9.90. The topological polar surface area (TPSA) is 35.5 Å². The van der Waals surface area contributed by atoms with Crippen LogP contribution in [-0.4, -0.2) is 31.3 Å². The molecule has 0 aromatic heterocycles. The second-order valence-electron chi connectivity index (χ2n) is 5.16. The molecule has 1 aliphatic rings. The molecule has 0 unspecified atom stereocenters. The molecule has 1 fully saturated rings. The predicted molar refractivity (Wildman–Crippen MR) is 83.6 cm³/mol. The Balaban J connectivity index is 2.23. The van der Waals surface area contributed by atoms with Crippen molar-refractivity contribution in [2.45, 2.75) is 38.3 Å². The van der Waals surface area contributed by atoms with Crippen LogP contribution in [0.5, 0.6) is 0 Å². The number of halogens is 1. The minimum absolute atomic E-state index is 0.265. The fourth-order valence-electron chi connectivity index (χ4n) is 2.61. The highest BCUT2D eigenvalue weighted by molar-refractivity contribution is 9.10. The van der Waals surface area contributed by atoms with E-state index in [1.165, 1.54) is 30.5 Å². The van der Waals surface area contributed by atoms with Gasteiger partial charge < -0.3 is 15.3 Å². The lowest BCUT2D eigenvalue weighted by Crippen LogP contribution is -2.41. The number of hydrogen-bond acceptors (Lipinski definition) is 3. The molecule has 1 aliphatic carbocycles. The van der Waals surface area contributed by atoms with Crippen molar-refractivity contribution in [2.24, 2.45) is 0 Å². The Morgan fingerprint density at radius 2 is 2.21 bits per heavy atom. The Morgan fingerprint density at radius 3 is 2.79 bits per heavy atom. The van der Waals surface area contributed by atoms with E-state index in [9.17, 15) is 0 Å². The Labute approximate surface area is 124 Å². The van der Waals surface area contributed by atoms with E-state index in [2.05, 4.69) is 44.3 Å². The van der Waals surface area contributed by atoms with Gasteiger partial charge in [0.15, 0.2) is 0 Å². The first kappa shape index (κ1) is 14.8. The van der Waals surface area contributed by atoms with Crippen molar-refractivity contribution < 1.29 is 5.11 Å². The summed E-state index contributed by atoms with van der Waals surface area (Å²) >= 11 is 3.55.